The molecule has 0 amide bonds. The summed E-state index contributed by atoms with van der Waals surface area (Å²) in [7, 11) is 0. The molecular formula is C23H22N6O. The van der Waals surface area contributed by atoms with Crippen LogP contribution in [0.4, 0.5) is 0 Å². The first-order valence-corrected chi connectivity index (χ1v) is 10.1. The van der Waals surface area contributed by atoms with Gasteiger partial charge in [-0.3, -0.25) is 9.88 Å². The zero-order valence-corrected chi connectivity index (χ0v) is 16.8. The fraction of sp³-hybridized carbons (Fsp3) is 0.261. The molecule has 1 fully saturated rings. The van der Waals surface area contributed by atoms with E-state index < -0.39 is 0 Å². The second kappa shape index (κ2) is 8.12. The normalized spacial score (nSPS) is 16.8. The first-order valence-electron chi connectivity index (χ1n) is 10.1. The molecule has 0 aliphatic carbocycles. The standard InChI is InChI=1S/C23H22N6O/c1-16-4-2-5-19(12-16)21-25-13-17(14-26-21)15-29-11-3-6-20(29)23-27-22(28-30-23)18-7-9-24-10-8-18/h2,4-5,7-10,12-14,20H,3,6,11,15H2,1H3. The van der Waals surface area contributed by atoms with Crippen LogP contribution in [0.25, 0.3) is 22.8 Å². The van der Waals surface area contributed by atoms with Crippen LogP contribution in [-0.2, 0) is 6.54 Å². The molecule has 0 radical (unpaired) electrons. The van der Waals surface area contributed by atoms with Gasteiger partial charge in [0.1, 0.15) is 0 Å². The van der Waals surface area contributed by atoms with E-state index in [1.54, 1.807) is 12.4 Å². The van der Waals surface area contributed by atoms with Gasteiger partial charge in [-0.05, 0) is 44.5 Å². The van der Waals surface area contributed by atoms with Crippen molar-refractivity contribution in [3.05, 3.63) is 78.2 Å². The van der Waals surface area contributed by atoms with Crippen molar-refractivity contribution in [1.29, 1.82) is 0 Å². The number of rotatable bonds is 5. The van der Waals surface area contributed by atoms with Crippen LogP contribution in [0, 0.1) is 6.92 Å². The molecule has 4 aromatic rings. The molecule has 7 heteroatoms. The van der Waals surface area contributed by atoms with Crippen molar-refractivity contribution < 1.29 is 4.52 Å². The Morgan fingerprint density at radius 1 is 1.03 bits per heavy atom. The lowest BCUT2D eigenvalue weighted by Crippen LogP contribution is -2.23. The zero-order valence-electron chi connectivity index (χ0n) is 16.8. The van der Waals surface area contributed by atoms with Gasteiger partial charge in [-0.2, -0.15) is 4.98 Å². The van der Waals surface area contributed by atoms with Crippen LogP contribution < -0.4 is 0 Å². The molecular weight excluding hydrogens is 376 g/mol. The molecule has 0 N–H and O–H groups in total. The van der Waals surface area contributed by atoms with Crippen LogP contribution in [0.3, 0.4) is 0 Å². The van der Waals surface area contributed by atoms with Crippen LogP contribution in [0.1, 0.15) is 35.9 Å². The summed E-state index contributed by atoms with van der Waals surface area (Å²) in [6.07, 6.45) is 9.38. The van der Waals surface area contributed by atoms with Gasteiger partial charge in [0.05, 0.1) is 6.04 Å². The Hall–Kier alpha value is -3.45. The summed E-state index contributed by atoms with van der Waals surface area (Å²) in [5.41, 5.74) is 4.22. The number of aromatic nitrogens is 5. The van der Waals surface area contributed by atoms with Crippen molar-refractivity contribution in [2.24, 2.45) is 0 Å². The van der Waals surface area contributed by atoms with E-state index in [0.717, 1.165) is 48.4 Å². The Kier molecular flexibility index (Phi) is 5.03. The molecule has 0 bridgehead atoms. The van der Waals surface area contributed by atoms with Gasteiger partial charge in [-0.25, -0.2) is 9.97 Å². The first-order chi connectivity index (χ1) is 14.8. The van der Waals surface area contributed by atoms with Crippen LogP contribution in [0.15, 0.2) is 65.7 Å². The number of benzene rings is 1. The van der Waals surface area contributed by atoms with Crippen molar-refractivity contribution in [1.82, 2.24) is 30.0 Å². The number of pyridine rings is 1. The van der Waals surface area contributed by atoms with E-state index in [0.29, 0.717) is 11.7 Å². The fourth-order valence-electron chi connectivity index (χ4n) is 3.89. The van der Waals surface area contributed by atoms with Gasteiger partial charge in [0.2, 0.25) is 11.7 Å². The molecule has 30 heavy (non-hydrogen) atoms. The highest BCUT2D eigenvalue weighted by atomic mass is 16.5. The quantitative estimate of drug-likeness (QED) is 0.497. The van der Waals surface area contributed by atoms with E-state index in [4.69, 9.17) is 4.52 Å². The first kappa shape index (κ1) is 18.6. The molecule has 150 valence electrons. The van der Waals surface area contributed by atoms with E-state index in [1.807, 2.05) is 36.7 Å². The van der Waals surface area contributed by atoms with Gasteiger partial charge in [0.25, 0.3) is 0 Å². The lowest BCUT2D eigenvalue weighted by atomic mass is 10.1. The summed E-state index contributed by atoms with van der Waals surface area (Å²) in [5.74, 6) is 2.01. The lowest BCUT2D eigenvalue weighted by Gasteiger charge is -2.21. The fourth-order valence-corrected chi connectivity index (χ4v) is 3.89. The van der Waals surface area contributed by atoms with Crippen LogP contribution in [0.5, 0.6) is 0 Å². The van der Waals surface area contributed by atoms with E-state index in [1.165, 1.54) is 5.56 Å². The Bertz CT molecular complexity index is 1130. The average Bonchev–Trinajstić information content (AvgIpc) is 3.44. The van der Waals surface area contributed by atoms with Gasteiger partial charge in [0.15, 0.2) is 5.82 Å². The highest BCUT2D eigenvalue weighted by Gasteiger charge is 2.31. The summed E-state index contributed by atoms with van der Waals surface area (Å²) < 4.78 is 5.60. The average molecular weight is 398 g/mol. The molecule has 0 spiro atoms. The molecule has 1 aliphatic rings. The summed E-state index contributed by atoms with van der Waals surface area (Å²) in [6, 6.07) is 12.1. The van der Waals surface area contributed by atoms with Gasteiger partial charge in [-0.1, -0.05) is 28.9 Å². The number of aryl methyl sites for hydroxylation is 1. The molecule has 1 aliphatic heterocycles. The number of nitrogens with zero attached hydrogens (tertiary/aromatic N) is 6. The maximum absolute atomic E-state index is 5.60. The minimum Gasteiger partial charge on any atom is -0.337 e. The van der Waals surface area contributed by atoms with Crippen LogP contribution >= 0.6 is 0 Å². The molecule has 5 rings (SSSR count). The number of likely N-dealkylation sites (tertiary alicyclic amines) is 1. The third-order valence-corrected chi connectivity index (χ3v) is 5.40. The van der Waals surface area contributed by atoms with E-state index >= 15 is 0 Å². The van der Waals surface area contributed by atoms with Gasteiger partial charge in [0, 0.05) is 48.0 Å². The molecule has 3 aromatic heterocycles. The van der Waals surface area contributed by atoms with Crippen molar-refractivity contribution in [3.8, 4) is 22.8 Å². The Morgan fingerprint density at radius 2 is 1.87 bits per heavy atom. The predicted octanol–water partition coefficient (Wildman–Crippen LogP) is 4.23. The van der Waals surface area contributed by atoms with Crippen molar-refractivity contribution in [2.75, 3.05) is 6.54 Å². The van der Waals surface area contributed by atoms with Crippen molar-refractivity contribution >= 4 is 0 Å². The Balaban J connectivity index is 1.31. The summed E-state index contributed by atoms with van der Waals surface area (Å²) in [6.45, 7) is 3.81. The van der Waals surface area contributed by atoms with E-state index in [2.05, 4.69) is 49.0 Å². The molecule has 1 atom stereocenters. The second-order valence-corrected chi connectivity index (χ2v) is 7.61. The summed E-state index contributed by atoms with van der Waals surface area (Å²) >= 11 is 0. The molecule has 0 saturated carbocycles. The van der Waals surface area contributed by atoms with E-state index in [9.17, 15) is 0 Å². The largest absolute Gasteiger partial charge is 0.337 e. The zero-order chi connectivity index (χ0) is 20.3. The summed E-state index contributed by atoms with van der Waals surface area (Å²) in [5, 5.41) is 4.16. The maximum Gasteiger partial charge on any atom is 0.244 e. The van der Waals surface area contributed by atoms with Crippen molar-refractivity contribution in [2.45, 2.75) is 32.4 Å². The summed E-state index contributed by atoms with van der Waals surface area (Å²) in [4.78, 5) is 20.2. The third kappa shape index (κ3) is 3.84. The predicted molar refractivity (Wildman–Crippen MR) is 112 cm³/mol. The smallest absolute Gasteiger partial charge is 0.244 e. The molecule has 7 nitrogen and oxygen atoms in total. The Labute approximate surface area is 174 Å². The highest BCUT2D eigenvalue weighted by Crippen LogP contribution is 2.33. The monoisotopic (exact) mass is 398 g/mol. The minimum absolute atomic E-state index is 0.115. The second-order valence-electron chi connectivity index (χ2n) is 7.61. The van der Waals surface area contributed by atoms with Gasteiger partial charge in [-0.15, -0.1) is 0 Å². The number of hydrogen-bond acceptors (Lipinski definition) is 7. The third-order valence-electron chi connectivity index (χ3n) is 5.40. The molecule has 1 saturated heterocycles. The van der Waals surface area contributed by atoms with Crippen LogP contribution in [-0.4, -0.2) is 36.5 Å². The lowest BCUT2D eigenvalue weighted by molar-refractivity contribution is 0.201. The maximum atomic E-state index is 5.60. The molecule has 1 aromatic carbocycles. The molecule has 1 unspecified atom stereocenters. The minimum atomic E-state index is 0.115. The SMILES string of the molecule is Cc1cccc(-c2ncc(CN3CCCC3c3nc(-c4ccncc4)no3)cn2)c1. The highest BCUT2D eigenvalue weighted by molar-refractivity contribution is 5.55. The Morgan fingerprint density at radius 3 is 2.67 bits per heavy atom. The molecule has 4 heterocycles. The van der Waals surface area contributed by atoms with Crippen molar-refractivity contribution in [3.63, 3.8) is 0 Å². The van der Waals surface area contributed by atoms with E-state index in [-0.39, 0.29) is 6.04 Å². The van der Waals surface area contributed by atoms with Gasteiger partial charge >= 0.3 is 0 Å². The van der Waals surface area contributed by atoms with Crippen LogP contribution in [0.2, 0.25) is 0 Å². The number of hydrogen-bond donors (Lipinski definition) is 0. The van der Waals surface area contributed by atoms with Gasteiger partial charge < -0.3 is 4.52 Å². The topological polar surface area (TPSA) is 80.8 Å².